The van der Waals surface area contributed by atoms with E-state index >= 15 is 0 Å². The highest BCUT2D eigenvalue weighted by molar-refractivity contribution is 7.08. The first-order chi connectivity index (χ1) is 9.90. The number of rotatable bonds is 4. The molecule has 2 aromatic rings. The molecule has 0 bridgehead atoms. The van der Waals surface area contributed by atoms with Crippen LogP contribution in [0.1, 0.15) is 45.5 Å². The van der Waals surface area contributed by atoms with Crippen LogP contribution >= 0.6 is 11.5 Å². The number of aromatic nitrogens is 2. The predicted octanol–water partition coefficient (Wildman–Crippen LogP) is 2.19. The van der Waals surface area contributed by atoms with Crippen molar-refractivity contribution in [3.05, 3.63) is 34.3 Å². The summed E-state index contributed by atoms with van der Waals surface area (Å²) in [7, 11) is 0. The normalized spacial score (nSPS) is 10.6. The van der Waals surface area contributed by atoms with E-state index < -0.39 is 5.97 Å². The Labute approximate surface area is 125 Å². The minimum absolute atomic E-state index is 0.0628. The van der Waals surface area contributed by atoms with E-state index in [4.69, 9.17) is 10.8 Å². The maximum atomic E-state index is 12.2. The highest BCUT2D eigenvalue weighted by Crippen LogP contribution is 2.24. The number of nitrogens with zero attached hydrogens (tertiary/aromatic N) is 2. The van der Waals surface area contributed by atoms with Crippen molar-refractivity contribution in [2.45, 2.75) is 19.8 Å². The minimum atomic E-state index is -1.08. The lowest BCUT2D eigenvalue weighted by molar-refractivity contribution is 0.0697. The van der Waals surface area contributed by atoms with Crippen LogP contribution < -0.4 is 11.1 Å². The van der Waals surface area contributed by atoms with Crippen molar-refractivity contribution in [1.29, 1.82) is 0 Å². The number of nitrogen functional groups attached to an aromatic ring is 1. The van der Waals surface area contributed by atoms with E-state index in [2.05, 4.69) is 14.9 Å². The molecule has 0 spiro atoms. The molecule has 0 aliphatic heterocycles. The van der Waals surface area contributed by atoms with Crippen LogP contribution in [0, 0.1) is 0 Å². The Kier molecular flexibility index (Phi) is 4.18. The van der Waals surface area contributed by atoms with Crippen LogP contribution in [0.3, 0.4) is 0 Å². The number of carboxylic acid groups (broad SMARTS) is 1. The van der Waals surface area contributed by atoms with Crippen LogP contribution in [0.4, 0.5) is 11.4 Å². The number of nitrogens with two attached hydrogens (primary N) is 1. The summed E-state index contributed by atoms with van der Waals surface area (Å²) < 4.78 is 3.79. The van der Waals surface area contributed by atoms with Crippen molar-refractivity contribution >= 4 is 34.8 Å². The summed E-state index contributed by atoms with van der Waals surface area (Å²) in [6.45, 7) is 3.84. The number of carbonyl (C=O) groups is 2. The fourth-order valence-electron chi connectivity index (χ4n) is 1.72. The second kappa shape index (κ2) is 5.88. The van der Waals surface area contributed by atoms with Crippen molar-refractivity contribution in [2.24, 2.45) is 0 Å². The van der Waals surface area contributed by atoms with Gasteiger partial charge in [0, 0.05) is 0 Å². The molecule has 0 unspecified atom stereocenters. The zero-order valence-corrected chi connectivity index (χ0v) is 12.3. The van der Waals surface area contributed by atoms with Gasteiger partial charge >= 0.3 is 5.97 Å². The molecule has 0 fully saturated rings. The molecule has 0 saturated carbocycles. The quantitative estimate of drug-likeness (QED) is 0.745. The van der Waals surface area contributed by atoms with Crippen LogP contribution in [0.25, 0.3) is 0 Å². The number of benzene rings is 1. The Morgan fingerprint density at radius 3 is 2.67 bits per heavy atom. The molecule has 8 heteroatoms. The Morgan fingerprint density at radius 1 is 1.38 bits per heavy atom. The Bertz CT molecular complexity index is 696. The summed E-state index contributed by atoms with van der Waals surface area (Å²) in [4.78, 5) is 23.5. The van der Waals surface area contributed by atoms with Crippen LogP contribution in [-0.2, 0) is 0 Å². The maximum absolute atomic E-state index is 12.2. The Morgan fingerprint density at radius 2 is 2.10 bits per heavy atom. The third-order valence-corrected chi connectivity index (χ3v) is 3.55. The molecule has 1 amide bonds. The van der Waals surface area contributed by atoms with E-state index in [0.717, 1.165) is 11.5 Å². The van der Waals surface area contributed by atoms with Gasteiger partial charge in [-0.3, -0.25) is 4.79 Å². The van der Waals surface area contributed by atoms with Crippen LogP contribution in [0.2, 0.25) is 0 Å². The van der Waals surface area contributed by atoms with Crippen molar-refractivity contribution in [3.8, 4) is 0 Å². The van der Waals surface area contributed by atoms with Gasteiger partial charge in [0.1, 0.15) is 4.88 Å². The molecule has 0 radical (unpaired) electrons. The summed E-state index contributed by atoms with van der Waals surface area (Å²) >= 11 is 1.01. The SMILES string of the molecule is CC(C)c1nnsc1C(=O)Nc1ccc(C(=O)O)cc1N. The smallest absolute Gasteiger partial charge is 0.335 e. The lowest BCUT2D eigenvalue weighted by Gasteiger charge is -2.09. The zero-order valence-electron chi connectivity index (χ0n) is 11.5. The summed E-state index contributed by atoms with van der Waals surface area (Å²) in [5.41, 5.74) is 6.98. The number of aromatic carboxylic acids is 1. The van der Waals surface area contributed by atoms with E-state index in [1.165, 1.54) is 18.2 Å². The highest BCUT2D eigenvalue weighted by Gasteiger charge is 2.19. The zero-order chi connectivity index (χ0) is 15.6. The summed E-state index contributed by atoms with van der Waals surface area (Å²) in [6.07, 6.45) is 0. The van der Waals surface area contributed by atoms with E-state index in [1.54, 1.807) is 0 Å². The molecule has 0 aliphatic rings. The fraction of sp³-hybridized carbons (Fsp3) is 0.231. The van der Waals surface area contributed by atoms with Gasteiger partial charge in [-0.05, 0) is 35.6 Å². The molecule has 0 atom stereocenters. The maximum Gasteiger partial charge on any atom is 0.335 e. The molecule has 4 N–H and O–H groups in total. The minimum Gasteiger partial charge on any atom is -0.478 e. The molecule has 2 rings (SSSR count). The Balaban J connectivity index is 2.24. The summed E-state index contributed by atoms with van der Waals surface area (Å²) in [5, 5.41) is 15.5. The first-order valence-corrected chi connectivity index (χ1v) is 6.94. The topological polar surface area (TPSA) is 118 Å². The molecule has 110 valence electrons. The molecule has 21 heavy (non-hydrogen) atoms. The molecule has 1 heterocycles. The van der Waals surface area contributed by atoms with Gasteiger partial charge in [-0.15, -0.1) is 5.10 Å². The lowest BCUT2D eigenvalue weighted by atomic mass is 10.1. The first kappa shape index (κ1) is 14.9. The highest BCUT2D eigenvalue weighted by atomic mass is 32.1. The third-order valence-electron chi connectivity index (χ3n) is 2.81. The molecule has 0 saturated heterocycles. The van der Waals surface area contributed by atoms with E-state index in [-0.39, 0.29) is 23.1 Å². The number of amides is 1. The number of carbonyl (C=O) groups excluding carboxylic acids is 1. The molecule has 1 aromatic carbocycles. The number of hydrogen-bond donors (Lipinski definition) is 3. The average Bonchev–Trinajstić information content (AvgIpc) is 2.90. The summed E-state index contributed by atoms with van der Waals surface area (Å²) in [5.74, 6) is -1.35. The van der Waals surface area contributed by atoms with Gasteiger partial charge in [0.25, 0.3) is 5.91 Å². The van der Waals surface area contributed by atoms with Crippen LogP contribution in [-0.4, -0.2) is 26.6 Å². The van der Waals surface area contributed by atoms with E-state index in [1.807, 2.05) is 13.8 Å². The van der Waals surface area contributed by atoms with Gasteiger partial charge in [-0.25, -0.2) is 4.79 Å². The predicted molar refractivity (Wildman–Crippen MR) is 79.8 cm³/mol. The van der Waals surface area contributed by atoms with Crippen molar-refractivity contribution in [3.63, 3.8) is 0 Å². The van der Waals surface area contributed by atoms with Gasteiger partial charge in [-0.1, -0.05) is 18.3 Å². The van der Waals surface area contributed by atoms with Crippen molar-refractivity contribution in [1.82, 2.24) is 9.59 Å². The van der Waals surface area contributed by atoms with Gasteiger partial charge in [0.05, 0.1) is 22.6 Å². The van der Waals surface area contributed by atoms with Crippen LogP contribution in [0.15, 0.2) is 18.2 Å². The molecule has 1 aromatic heterocycles. The second-order valence-electron chi connectivity index (χ2n) is 4.70. The Hall–Kier alpha value is -2.48. The molecule has 7 nitrogen and oxygen atoms in total. The van der Waals surface area contributed by atoms with Gasteiger partial charge in [0.15, 0.2) is 0 Å². The number of anilines is 2. The fourth-order valence-corrected chi connectivity index (χ4v) is 2.44. The van der Waals surface area contributed by atoms with E-state index in [9.17, 15) is 9.59 Å². The van der Waals surface area contributed by atoms with Crippen LogP contribution in [0.5, 0.6) is 0 Å². The molecular formula is C13H14N4O3S. The number of carboxylic acids is 1. The standard InChI is InChI=1S/C13H14N4O3S/c1-6(2)10-11(21-17-16-10)12(18)15-9-4-3-7(13(19)20)5-8(9)14/h3-6H,14H2,1-2H3,(H,15,18)(H,19,20). The largest absolute Gasteiger partial charge is 0.478 e. The molecular weight excluding hydrogens is 292 g/mol. The average molecular weight is 306 g/mol. The first-order valence-electron chi connectivity index (χ1n) is 6.16. The van der Waals surface area contributed by atoms with Gasteiger partial charge in [-0.2, -0.15) is 0 Å². The number of hydrogen-bond acceptors (Lipinski definition) is 6. The number of nitrogens with one attached hydrogen (secondary N) is 1. The van der Waals surface area contributed by atoms with Crippen molar-refractivity contribution < 1.29 is 14.7 Å². The second-order valence-corrected chi connectivity index (χ2v) is 5.46. The van der Waals surface area contributed by atoms with Gasteiger partial charge < -0.3 is 16.2 Å². The summed E-state index contributed by atoms with van der Waals surface area (Å²) in [6, 6.07) is 4.13. The third kappa shape index (κ3) is 3.16. The molecule has 0 aliphatic carbocycles. The van der Waals surface area contributed by atoms with Gasteiger partial charge in [0.2, 0.25) is 0 Å². The lowest BCUT2D eigenvalue weighted by Crippen LogP contribution is -2.14. The van der Waals surface area contributed by atoms with Crippen molar-refractivity contribution in [2.75, 3.05) is 11.1 Å². The van der Waals surface area contributed by atoms with E-state index in [0.29, 0.717) is 16.3 Å². The monoisotopic (exact) mass is 306 g/mol.